The molecule has 0 spiro atoms. The van der Waals surface area contributed by atoms with Gasteiger partial charge in [-0.15, -0.1) is 13.2 Å². The zero-order chi connectivity index (χ0) is 15.0. The number of ether oxygens (including phenoxy) is 3. The van der Waals surface area contributed by atoms with E-state index < -0.39 is 6.36 Å². The molecule has 20 heavy (non-hydrogen) atoms. The third-order valence-electron chi connectivity index (χ3n) is 2.44. The quantitative estimate of drug-likeness (QED) is 0.800. The zero-order valence-electron chi connectivity index (χ0n) is 11.2. The van der Waals surface area contributed by atoms with E-state index in [0.717, 1.165) is 0 Å². The van der Waals surface area contributed by atoms with Crippen molar-refractivity contribution in [1.82, 2.24) is 0 Å². The maximum absolute atomic E-state index is 12.2. The summed E-state index contributed by atoms with van der Waals surface area (Å²) >= 11 is 0. The minimum atomic E-state index is -4.75. The molecule has 0 radical (unpaired) electrons. The number of halogens is 3. The van der Waals surface area contributed by atoms with Gasteiger partial charge in [0.25, 0.3) is 0 Å². The normalized spacial score (nSPS) is 13.1. The molecular weight excluding hydrogens is 275 g/mol. The second-order valence-corrected chi connectivity index (χ2v) is 3.94. The molecule has 0 saturated carbocycles. The van der Waals surface area contributed by atoms with Crippen LogP contribution in [0.1, 0.15) is 13.3 Å². The summed E-state index contributed by atoms with van der Waals surface area (Å²) in [4.78, 5) is 0. The fraction of sp³-hybridized carbons (Fsp3) is 0.538. The molecule has 1 rings (SSSR count). The van der Waals surface area contributed by atoms with E-state index in [0.29, 0.717) is 19.6 Å². The number of rotatable bonds is 8. The molecule has 7 heteroatoms. The molecule has 0 aliphatic heterocycles. The highest BCUT2D eigenvalue weighted by Gasteiger charge is 2.32. The van der Waals surface area contributed by atoms with Gasteiger partial charge < -0.3 is 19.9 Å². The summed E-state index contributed by atoms with van der Waals surface area (Å²) in [7, 11) is 0. The van der Waals surface area contributed by atoms with E-state index in [1.165, 1.54) is 18.2 Å². The number of hydrogen-bond donors (Lipinski definition) is 1. The second kappa shape index (κ2) is 7.96. The largest absolute Gasteiger partial charge is 0.573 e. The van der Waals surface area contributed by atoms with Crippen molar-refractivity contribution in [2.24, 2.45) is 5.73 Å². The van der Waals surface area contributed by atoms with Crippen LogP contribution in [-0.4, -0.2) is 32.2 Å². The summed E-state index contributed by atoms with van der Waals surface area (Å²) in [6.07, 6.45) is -4.43. The molecule has 1 unspecified atom stereocenters. The topological polar surface area (TPSA) is 53.7 Å². The van der Waals surface area contributed by atoms with Crippen molar-refractivity contribution < 1.29 is 27.4 Å². The van der Waals surface area contributed by atoms with Gasteiger partial charge in [-0.1, -0.05) is 12.1 Å². The summed E-state index contributed by atoms with van der Waals surface area (Å²) < 4.78 is 51.1. The highest BCUT2D eigenvalue weighted by molar-refractivity contribution is 5.39. The monoisotopic (exact) mass is 293 g/mol. The molecule has 114 valence electrons. The van der Waals surface area contributed by atoms with Gasteiger partial charge in [0.05, 0.1) is 12.7 Å². The molecular formula is C13H18F3NO3. The number of para-hydroxylation sites is 2. The standard InChI is InChI=1S/C13H18F3NO3/c1-2-18-10(9-17)7-8-19-11-5-3-4-6-12(11)20-13(14,15)16/h3-6,10H,2,7-9,17H2,1H3. The Morgan fingerprint density at radius 3 is 2.40 bits per heavy atom. The summed E-state index contributed by atoms with van der Waals surface area (Å²) in [5, 5.41) is 0. The Kier molecular flexibility index (Phi) is 6.60. The van der Waals surface area contributed by atoms with E-state index in [1.54, 1.807) is 6.07 Å². The Morgan fingerprint density at radius 1 is 1.20 bits per heavy atom. The van der Waals surface area contributed by atoms with Crippen LogP contribution in [0, 0.1) is 0 Å². The Hall–Kier alpha value is -1.47. The highest BCUT2D eigenvalue weighted by Crippen LogP contribution is 2.31. The number of nitrogens with two attached hydrogens (primary N) is 1. The van der Waals surface area contributed by atoms with Crippen molar-refractivity contribution in [3.05, 3.63) is 24.3 Å². The average molecular weight is 293 g/mol. The van der Waals surface area contributed by atoms with E-state index in [-0.39, 0.29) is 24.2 Å². The lowest BCUT2D eigenvalue weighted by Crippen LogP contribution is -2.26. The summed E-state index contributed by atoms with van der Waals surface area (Å²) in [5.41, 5.74) is 5.50. The van der Waals surface area contributed by atoms with E-state index in [2.05, 4.69) is 4.74 Å². The van der Waals surface area contributed by atoms with Crippen LogP contribution in [0.3, 0.4) is 0 Å². The van der Waals surface area contributed by atoms with Crippen molar-refractivity contribution >= 4 is 0 Å². The molecule has 0 saturated heterocycles. The summed E-state index contributed by atoms with van der Waals surface area (Å²) in [6, 6.07) is 5.63. The van der Waals surface area contributed by atoms with E-state index >= 15 is 0 Å². The van der Waals surface area contributed by atoms with Crippen LogP contribution in [0.15, 0.2) is 24.3 Å². The van der Waals surface area contributed by atoms with Gasteiger partial charge in [0.15, 0.2) is 11.5 Å². The van der Waals surface area contributed by atoms with Crippen LogP contribution in [0.4, 0.5) is 13.2 Å². The summed E-state index contributed by atoms with van der Waals surface area (Å²) in [5.74, 6) is -0.321. The van der Waals surface area contributed by atoms with Crippen molar-refractivity contribution in [1.29, 1.82) is 0 Å². The SMILES string of the molecule is CCOC(CN)CCOc1ccccc1OC(F)(F)F. The molecule has 1 aromatic rings. The molecule has 0 fully saturated rings. The third-order valence-corrected chi connectivity index (χ3v) is 2.44. The van der Waals surface area contributed by atoms with E-state index in [9.17, 15) is 13.2 Å². The van der Waals surface area contributed by atoms with Gasteiger partial charge in [0, 0.05) is 19.6 Å². The average Bonchev–Trinajstić information content (AvgIpc) is 2.38. The van der Waals surface area contributed by atoms with Crippen molar-refractivity contribution in [2.75, 3.05) is 19.8 Å². The van der Waals surface area contributed by atoms with Crippen molar-refractivity contribution in [3.63, 3.8) is 0 Å². The predicted molar refractivity (Wildman–Crippen MR) is 67.7 cm³/mol. The molecule has 1 aromatic carbocycles. The van der Waals surface area contributed by atoms with Crippen molar-refractivity contribution in [2.45, 2.75) is 25.8 Å². The fourth-order valence-electron chi connectivity index (χ4n) is 1.58. The maximum Gasteiger partial charge on any atom is 0.573 e. The molecule has 1 atom stereocenters. The number of alkyl halides is 3. The van der Waals surface area contributed by atoms with E-state index in [1.807, 2.05) is 6.92 Å². The lowest BCUT2D eigenvalue weighted by molar-refractivity contribution is -0.275. The Labute approximate surface area is 115 Å². The number of benzene rings is 1. The van der Waals surface area contributed by atoms with Gasteiger partial charge in [-0.2, -0.15) is 0 Å². The minimum absolute atomic E-state index is 0.0390. The fourth-order valence-corrected chi connectivity index (χ4v) is 1.58. The molecule has 0 bridgehead atoms. The lowest BCUT2D eigenvalue weighted by Gasteiger charge is -2.17. The van der Waals surface area contributed by atoms with Crippen LogP contribution >= 0.6 is 0 Å². The van der Waals surface area contributed by atoms with Gasteiger partial charge in [-0.3, -0.25) is 0 Å². The molecule has 0 heterocycles. The van der Waals surface area contributed by atoms with Crippen LogP contribution in [0.25, 0.3) is 0 Å². The number of hydrogen-bond acceptors (Lipinski definition) is 4. The molecule has 2 N–H and O–H groups in total. The van der Waals surface area contributed by atoms with Gasteiger partial charge >= 0.3 is 6.36 Å². The molecule has 0 amide bonds. The first-order valence-electron chi connectivity index (χ1n) is 6.25. The van der Waals surface area contributed by atoms with Crippen LogP contribution in [0.2, 0.25) is 0 Å². The van der Waals surface area contributed by atoms with Crippen LogP contribution < -0.4 is 15.2 Å². The second-order valence-electron chi connectivity index (χ2n) is 3.94. The van der Waals surface area contributed by atoms with Gasteiger partial charge in [-0.05, 0) is 19.1 Å². The zero-order valence-corrected chi connectivity index (χ0v) is 11.2. The smallest absolute Gasteiger partial charge is 0.490 e. The van der Waals surface area contributed by atoms with Crippen LogP contribution in [-0.2, 0) is 4.74 Å². The van der Waals surface area contributed by atoms with Gasteiger partial charge in [0.2, 0.25) is 0 Å². The molecule has 0 aliphatic rings. The lowest BCUT2D eigenvalue weighted by atomic mass is 10.2. The Balaban J connectivity index is 2.55. The third kappa shape index (κ3) is 6.12. The maximum atomic E-state index is 12.2. The van der Waals surface area contributed by atoms with Crippen molar-refractivity contribution in [3.8, 4) is 11.5 Å². The molecule has 0 aromatic heterocycles. The van der Waals surface area contributed by atoms with Gasteiger partial charge in [0.1, 0.15) is 0 Å². The molecule has 0 aliphatic carbocycles. The molecule has 4 nitrogen and oxygen atoms in total. The highest BCUT2D eigenvalue weighted by atomic mass is 19.4. The minimum Gasteiger partial charge on any atom is -0.490 e. The first-order valence-corrected chi connectivity index (χ1v) is 6.25. The van der Waals surface area contributed by atoms with E-state index in [4.69, 9.17) is 15.2 Å². The van der Waals surface area contributed by atoms with Gasteiger partial charge in [-0.25, -0.2) is 0 Å². The Bertz CT molecular complexity index is 399. The first-order chi connectivity index (χ1) is 9.46. The summed E-state index contributed by atoms with van der Waals surface area (Å²) in [6.45, 7) is 2.89. The van der Waals surface area contributed by atoms with Crippen LogP contribution in [0.5, 0.6) is 11.5 Å². The Morgan fingerprint density at radius 2 is 1.85 bits per heavy atom. The first kappa shape index (κ1) is 16.6. The predicted octanol–water partition coefficient (Wildman–Crippen LogP) is 2.72.